The van der Waals surface area contributed by atoms with Crippen molar-refractivity contribution in [2.75, 3.05) is 13.2 Å². The Balaban J connectivity index is 4.35. The van der Waals surface area contributed by atoms with Gasteiger partial charge >= 0.3 is 17.9 Å². The van der Waals surface area contributed by atoms with Gasteiger partial charge in [-0.2, -0.15) is 0 Å². The number of esters is 3. The number of ether oxygens (including phenoxy) is 3. The smallest absolute Gasteiger partial charge is 0.306 e. The lowest BCUT2D eigenvalue weighted by atomic mass is 10.0. The second kappa shape index (κ2) is 61.4. The summed E-state index contributed by atoms with van der Waals surface area (Å²) in [6.45, 7) is 6.37. The molecule has 74 heavy (non-hydrogen) atoms. The Morgan fingerprint density at radius 3 is 0.851 bits per heavy atom. The van der Waals surface area contributed by atoms with Crippen LogP contribution in [0.3, 0.4) is 0 Å². The molecule has 1 unspecified atom stereocenters. The number of unbranched alkanes of at least 4 members (excludes halogenated alkanes) is 23. The third-order valence-corrected chi connectivity index (χ3v) is 12.7. The molecule has 0 aliphatic carbocycles. The molecule has 0 fully saturated rings. The normalized spacial score (nSPS) is 13.0. The van der Waals surface area contributed by atoms with Crippen LogP contribution in [0.15, 0.2) is 122 Å². The minimum atomic E-state index is -0.803. The van der Waals surface area contributed by atoms with Crippen LogP contribution < -0.4 is 0 Å². The van der Waals surface area contributed by atoms with E-state index in [4.69, 9.17) is 14.2 Å². The SMILES string of the molecule is CC/C=C\C/C=C\C/C=C\C/C=C\C/C=C\C/C=C\CCCCC(=O)OC(COC(=O)CCCCCCCCCCCC)COC(=O)CCCCCCCCCCCCCC/C=C\C/C=C\C/C=C\C/C=C\CC. The van der Waals surface area contributed by atoms with Gasteiger partial charge in [-0.1, -0.05) is 264 Å². The first-order chi connectivity index (χ1) is 36.5. The number of carbonyl (C=O) groups excluding carboxylic acids is 3. The lowest BCUT2D eigenvalue weighted by molar-refractivity contribution is -0.167. The van der Waals surface area contributed by atoms with E-state index in [9.17, 15) is 14.4 Å². The molecule has 6 nitrogen and oxygen atoms in total. The van der Waals surface area contributed by atoms with Crippen molar-refractivity contribution in [2.45, 2.75) is 277 Å². The summed E-state index contributed by atoms with van der Waals surface area (Å²) < 4.78 is 16.8. The molecule has 0 N–H and O–H groups in total. The maximum Gasteiger partial charge on any atom is 0.306 e. The van der Waals surface area contributed by atoms with E-state index in [2.05, 4.69) is 142 Å². The van der Waals surface area contributed by atoms with Crippen LogP contribution in [0.25, 0.3) is 0 Å². The van der Waals surface area contributed by atoms with Crippen LogP contribution in [0.4, 0.5) is 0 Å². The van der Waals surface area contributed by atoms with E-state index >= 15 is 0 Å². The molecule has 0 aliphatic heterocycles. The van der Waals surface area contributed by atoms with Crippen molar-refractivity contribution >= 4 is 17.9 Å². The van der Waals surface area contributed by atoms with Crippen LogP contribution in [0, 0.1) is 0 Å². The van der Waals surface area contributed by atoms with Crippen LogP contribution in [-0.2, 0) is 28.6 Å². The van der Waals surface area contributed by atoms with E-state index in [1.165, 1.54) is 109 Å². The largest absolute Gasteiger partial charge is 0.462 e. The third kappa shape index (κ3) is 58.7. The molecule has 0 heterocycles. The van der Waals surface area contributed by atoms with Crippen molar-refractivity contribution in [3.63, 3.8) is 0 Å². The van der Waals surface area contributed by atoms with Crippen molar-refractivity contribution in [2.24, 2.45) is 0 Å². The summed E-state index contributed by atoms with van der Waals surface area (Å²) >= 11 is 0. The number of carbonyl (C=O) groups is 3. The van der Waals surface area contributed by atoms with Crippen molar-refractivity contribution in [3.05, 3.63) is 122 Å². The Morgan fingerprint density at radius 2 is 0.527 bits per heavy atom. The van der Waals surface area contributed by atoms with Gasteiger partial charge in [0.2, 0.25) is 0 Å². The molecular weight excluding hydrogens is 913 g/mol. The van der Waals surface area contributed by atoms with Crippen molar-refractivity contribution in [3.8, 4) is 0 Å². The van der Waals surface area contributed by atoms with E-state index in [0.717, 1.165) is 116 Å². The van der Waals surface area contributed by atoms with E-state index in [1.54, 1.807) is 0 Å². The monoisotopic (exact) mass is 1020 g/mol. The molecule has 0 rings (SSSR count). The highest BCUT2D eigenvalue weighted by molar-refractivity contribution is 5.71. The summed E-state index contributed by atoms with van der Waals surface area (Å²) in [5.74, 6) is -0.942. The first-order valence-electron chi connectivity index (χ1n) is 30.5. The molecule has 0 aliphatic rings. The number of hydrogen-bond donors (Lipinski definition) is 0. The molecule has 0 amide bonds. The molecule has 0 saturated heterocycles. The standard InChI is InChI=1S/C68H112O6/c1-4-7-10-13-16-19-22-24-26-28-30-32-33-34-35-37-38-40-42-44-46-49-52-55-58-61-67(70)73-64-65(63-72-66(69)60-57-54-51-48-21-18-15-12-9-6-3)74-68(71)62-59-56-53-50-47-45-43-41-39-36-31-29-27-25-23-20-17-14-11-8-5-2/h7-8,10-11,16-17,19-20,24-27,30-32,36,41,43,47,50,65H,4-6,9,12-15,18,21-23,28-29,33-35,37-40,42,44-46,48-49,51-64H2,1-3H3/b10-7-,11-8-,19-16-,20-17-,26-24-,27-25-,32-30-,36-31-,43-41-,50-47-. The van der Waals surface area contributed by atoms with Gasteiger partial charge in [-0.05, 0) is 109 Å². The fourth-order valence-electron chi connectivity index (χ4n) is 8.20. The first kappa shape index (κ1) is 69.8. The summed E-state index contributed by atoms with van der Waals surface area (Å²) in [6.07, 6.45) is 84.9. The van der Waals surface area contributed by atoms with Gasteiger partial charge in [0.1, 0.15) is 13.2 Å². The summed E-state index contributed by atoms with van der Waals surface area (Å²) in [4.78, 5) is 38.2. The second-order valence-corrected chi connectivity index (χ2v) is 19.9. The van der Waals surface area contributed by atoms with Crippen molar-refractivity contribution in [1.82, 2.24) is 0 Å². The predicted molar refractivity (Wildman–Crippen MR) is 320 cm³/mol. The van der Waals surface area contributed by atoms with Gasteiger partial charge in [0, 0.05) is 19.3 Å². The first-order valence-corrected chi connectivity index (χ1v) is 30.5. The number of allylic oxidation sites excluding steroid dienone is 20. The van der Waals surface area contributed by atoms with Gasteiger partial charge in [0.25, 0.3) is 0 Å². The average Bonchev–Trinajstić information content (AvgIpc) is 3.40. The Hall–Kier alpha value is -4.19. The third-order valence-electron chi connectivity index (χ3n) is 12.7. The zero-order valence-corrected chi connectivity index (χ0v) is 48.1. The average molecular weight is 1030 g/mol. The van der Waals surface area contributed by atoms with Crippen molar-refractivity contribution in [1.29, 1.82) is 0 Å². The topological polar surface area (TPSA) is 78.9 Å². The molecular formula is C68H112O6. The van der Waals surface area contributed by atoms with Gasteiger partial charge < -0.3 is 14.2 Å². The number of hydrogen-bond acceptors (Lipinski definition) is 6. The molecule has 0 bridgehead atoms. The molecule has 0 saturated carbocycles. The zero-order chi connectivity index (χ0) is 53.6. The highest BCUT2D eigenvalue weighted by Crippen LogP contribution is 2.15. The predicted octanol–water partition coefficient (Wildman–Crippen LogP) is 20.8. The van der Waals surface area contributed by atoms with Gasteiger partial charge in [-0.25, -0.2) is 0 Å². The zero-order valence-electron chi connectivity index (χ0n) is 48.1. The van der Waals surface area contributed by atoms with E-state index in [1.807, 2.05) is 0 Å². The Morgan fingerprint density at radius 1 is 0.284 bits per heavy atom. The van der Waals surface area contributed by atoms with Crippen LogP contribution in [-0.4, -0.2) is 37.2 Å². The summed E-state index contributed by atoms with van der Waals surface area (Å²) in [7, 11) is 0. The van der Waals surface area contributed by atoms with Crippen molar-refractivity contribution < 1.29 is 28.6 Å². The van der Waals surface area contributed by atoms with Gasteiger partial charge in [0.05, 0.1) is 0 Å². The fraction of sp³-hybridized carbons (Fsp3) is 0.662. The molecule has 0 radical (unpaired) electrons. The highest BCUT2D eigenvalue weighted by Gasteiger charge is 2.19. The Bertz CT molecular complexity index is 1550. The molecule has 0 aromatic carbocycles. The summed E-state index contributed by atoms with van der Waals surface area (Å²) in [6, 6.07) is 0. The maximum atomic E-state index is 12.9. The summed E-state index contributed by atoms with van der Waals surface area (Å²) in [5.41, 5.74) is 0. The van der Waals surface area contributed by atoms with E-state index in [-0.39, 0.29) is 37.5 Å². The molecule has 0 aromatic rings. The molecule has 420 valence electrons. The van der Waals surface area contributed by atoms with Gasteiger partial charge in [-0.3, -0.25) is 14.4 Å². The minimum absolute atomic E-state index is 0.0964. The second-order valence-electron chi connectivity index (χ2n) is 19.9. The van der Waals surface area contributed by atoms with Gasteiger partial charge in [-0.15, -0.1) is 0 Å². The van der Waals surface area contributed by atoms with Gasteiger partial charge in [0.15, 0.2) is 6.10 Å². The van der Waals surface area contributed by atoms with Crippen LogP contribution in [0.1, 0.15) is 271 Å². The Labute approximate surface area is 456 Å². The van der Waals surface area contributed by atoms with E-state index < -0.39 is 6.10 Å². The highest BCUT2D eigenvalue weighted by atomic mass is 16.6. The fourth-order valence-corrected chi connectivity index (χ4v) is 8.20. The van der Waals surface area contributed by atoms with Crippen LogP contribution >= 0.6 is 0 Å². The maximum absolute atomic E-state index is 12.9. The van der Waals surface area contributed by atoms with Crippen LogP contribution in [0.5, 0.6) is 0 Å². The lowest BCUT2D eigenvalue weighted by Crippen LogP contribution is -2.30. The Kier molecular flexibility index (Phi) is 57.9. The van der Waals surface area contributed by atoms with Crippen LogP contribution in [0.2, 0.25) is 0 Å². The molecule has 1 atom stereocenters. The number of rotatable bonds is 54. The molecule has 6 heteroatoms. The molecule has 0 spiro atoms. The van der Waals surface area contributed by atoms with E-state index in [0.29, 0.717) is 19.3 Å². The minimum Gasteiger partial charge on any atom is -0.462 e. The lowest BCUT2D eigenvalue weighted by Gasteiger charge is -2.18. The quantitative estimate of drug-likeness (QED) is 0.0261. The summed E-state index contributed by atoms with van der Waals surface area (Å²) in [5, 5.41) is 0. The molecule has 0 aromatic heterocycles.